The first kappa shape index (κ1) is 15.8. The zero-order valence-corrected chi connectivity index (χ0v) is 12.8. The third kappa shape index (κ3) is 2.89. The molecule has 0 heterocycles. The largest absolute Gasteiger partial charge is 0.192 e. The third-order valence-corrected chi connectivity index (χ3v) is 3.63. The van der Waals surface area contributed by atoms with Crippen LogP contribution in [0.5, 0.6) is 0 Å². The van der Waals surface area contributed by atoms with Crippen LogP contribution < -0.4 is 10.4 Å². The van der Waals surface area contributed by atoms with E-state index in [1.165, 1.54) is 0 Å². The van der Waals surface area contributed by atoms with Crippen molar-refractivity contribution in [3.8, 4) is 24.3 Å². The van der Waals surface area contributed by atoms with E-state index in [0.29, 0.717) is 21.6 Å². The van der Waals surface area contributed by atoms with Gasteiger partial charge in [-0.1, -0.05) is 50.3 Å². The summed E-state index contributed by atoms with van der Waals surface area (Å²) in [4.78, 5) is 0. The molecule has 0 fully saturated rings. The topological polar surface area (TPSA) is 95.2 Å². The average Bonchev–Trinajstić information content (AvgIpc) is 2.70. The van der Waals surface area contributed by atoms with Crippen LogP contribution in [0, 0.1) is 50.7 Å². The molecule has 0 saturated carbocycles. The predicted molar refractivity (Wildman–Crippen MR) is 86.8 cm³/mol. The summed E-state index contributed by atoms with van der Waals surface area (Å²) in [5.41, 5.74) is 1.13. The fraction of sp³-hybridized carbons (Fsp3) is 0.158. The van der Waals surface area contributed by atoms with Crippen LogP contribution in [-0.2, 0) is 0 Å². The Morgan fingerprint density at radius 3 is 1.39 bits per heavy atom. The molecule has 0 amide bonds. The Labute approximate surface area is 134 Å². The van der Waals surface area contributed by atoms with Crippen molar-refractivity contribution in [1.82, 2.24) is 0 Å². The zero-order valence-electron chi connectivity index (χ0n) is 12.8. The lowest BCUT2D eigenvalue weighted by molar-refractivity contribution is 0.633. The molecule has 23 heavy (non-hydrogen) atoms. The molecule has 4 heteroatoms. The number of benzene rings is 1. The minimum Gasteiger partial charge on any atom is -0.192 e. The van der Waals surface area contributed by atoms with E-state index >= 15 is 0 Å². The maximum Gasteiger partial charge on any atom is 0.137 e. The van der Waals surface area contributed by atoms with Crippen molar-refractivity contribution in [2.24, 2.45) is 5.41 Å². The number of hydrogen-bond donors (Lipinski definition) is 0. The molecule has 1 aromatic rings. The Morgan fingerprint density at radius 2 is 1.09 bits per heavy atom. The van der Waals surface area contributed by atoms with Gasteiger partial charge in [-0.05, 0) is 11.1 Å². The Kier molecular flexibility index (Phi) is 4.14. The van der Waals surface area contributed by atoms with Crippen molar-refractivity contribution in [2.45, 2.75) is 13.8 Å². The minimum absolute atomic E-state index is 0.000946. The van der Waals surface area contributed by atoms with Crippen molar-refractivity contribution >= 4 is 23.3 Å². The van der Waals surface area contributed by atoms with Crippen LogP contribution in [0.15, 0.2) is 24.3 Å². The molecule has 108 valence electrons. The first-order valence-electron chi connectivity index (χ1n) is 6.88. The predicted octanol–water partition coefficient (Wildman–Crippen LogP) is 2.15. The van der Waals surface area contributed by atoms with Crippen LogP contribution in [0.2, 0.25) is 0 Å². The second-order valence-electron chi connectivity index (χ2n) is 5.67. The lowest BCUT2D eigenvalue weighted by Crippen LogP contribution is -2.20. The van der Waals surface area contributed by atoms with E-state index < -0.39 is 0 Å². The molecule has 0 aromatic heterocycles. The fourth-order valence-corrected chi connectivity index (χ4v) is 2.37. The van der Waals surface area contributed by atoms with Crippen molar-refractivity contribution in [2.75, 3.05) is 0 Å². The van der Waals surface area contributed by atoms with Gasteiger partial charge in [0.25, 0.3) is 0 Å². The van der Waals surface area contributed by atoms with Crippen LogP contribution >= 0.6 is 0 Å². The molecule has 0 atom stereocenters. The molecule has 0 radical (unpaired) electrons. The summed E-state index contributed by atoms with van der Waals surface area (Å²) < 4.78 is 0. The summed E-state index contributed by atoms with van der Waals surface area (Å²) in [5.74, 6) is 0. The van der Waals surface area contributed by atoms with Crippen molar-refractivity contribution in [3.63, 3.8) is 0 Å². The van der Waals surface area contributed by atoms with E-state index in [-0.39, 0.29) is 16.6 Å². The molecule has 1 aliphatic rings. The van der Waals surface area contributed by atoms with Crippen molar-refractivity contribution in [1.29, 1.82) is 21.0 Å². The van der Waals surface area contributed by atoms with Crippen LogP contribution in [-0.4, -0.2) is 0 Å². The van der Waals surface area contributed by atoms with Gasteiger partial charge in [0.1, 0.15) is 35.4 Å². The normalized spacial score (nSPS) is 13.5. The third-order valence-electron chi connectivity index (χ3n) is 3.63. The lowest BCUT2D eigenvalue weighted by atomic mass is 9.93. The van der Waals surface area contributed by atoms with Gasteiger partial charge in [-0.3, -0.25) is 0 Å². The van der Waals surface area contributed by atoms with E-state index in [2.05, 4.69) is 0 Å². The van der Waals surface area contributed by atoms with Gasteiger partial charge in [-0.25, -0.2) is 0 Å². The van der Waals surface area contributed by atoms with Crippen molar-refractivity contribution in [3.05, 3.63) is 45.8 Å². The van der Waals surface area contributed by atoms with Crippen LogP contribution in [0.25, 0.3) is 23.3 Å². The van der Waals surface area contributed by atoms with E-state index in [0.717, 1.165) is 0 Å². The van der Waals surface area contributed by atoms with E-state index in [9.17, 15) is 0 Å². The van der Waals surface area contributed by atoms with Gasteiger partial charge in [0.15, 0.2) is 0 Å². The molecule has 0 saturated heterocycles. The highest BCUT2D eigenvalue weighted by molar-refractivity contribution is 5.82. The highest BCUT2D eigenvalue weighted by Gasteiger charge is 2.16. The molecule has 1 aliphatic carbocycles. The van der Waals surface area contributed by atoms with Gasteiger partial charge in [0, 0.05) is 15.9 Å². The first-order chi connectivity index (χ1) is 11.0. The standard InChI is InChI=1S/C19H12N4/c1-19(2)7-5-17-15(13(9-20)10-21)3-4-16(14(11-22)12-23)18(17)6-8-19/h3-8H,1-2H3. The molecule has 2 rings (SSSR count). The van der Waals surface area contributed by atoms with Crippen LogP contribution in [0.3, 0.4) is 0 Å². The number of fused-ring (bicyclic) bond motifs is 1. The summed E-state index contributed by atoms with van der Waals surface area (Å²) >= 11 is 0. The number of nitrogens with zero attached hydrogens (tertiary/aromatic N) is 4. The quantitative estimate of drug-likeness (QED) is 0.732. The fourth-order valence-electron chi connectivity index (χ4n) is 2.37. The molecule has 0 bridgehead atoms. The summed E-state index contributed by atoms with van der Waals surface area (Å²) in [6, 6.07) is 10.8. The highest BCUT2D eigenvalue weighted by Crippen LogP contribution is 2.25. The molecular formula is C19H12N4. The average molecular weight is 296 g/mol. The number of rotatable bonds is 0. The maximum atomic E-state index is 9.16. The Bertz CT molecular complexity index is 909. The molecule has 0 unspecified atom stereocenters. The maximum absolute atomic E-state index is 9.16. The smallest absolute Gasteiger partial charge is 0.137 e. The monoisotopic (exact) mass is 296 g/mol. The molecule has 1 aromatic carbocycles. The first-order valence-corrected chi connectivity index (χ1v) is 6.88. The summed E-state index contributed by atoms with van der Waals surface area (Å²) in [6.07, 6.45) is 7.62. The van der Waals surface area contributed by atoms with E-state index in [1.807, 2.05) is 62.4 Å². The van der Waals surface area contributed by atoms with E-state index in [1.54, 1.807) is 12.1 Å². The summed E-state index contributed by atoms with van der Waals surface area (Å²) in [7, 11) is 0. The number of allylic oxidation sites excluding steroid dienone is 2. The van der Waals surface area contributed by atoms with Crippen molar-refractivity contribution < 1.29 is 0 Å². The molecule has 4 nitrogen and oxygen atoms in total. The van der Waals surface area contributed by atoms with Gasteiger partial charge >= 0.3 is 0 Å². The van der Waals surface area contributed by atoms with Gasteiger partial charge in [0.05, 0.1) is 0 Å². The van der Waals surface area contributed by atoms with Gasteiger partial charge in [-0.2, -0.15) is 21.0 Å². The molecule has 0 spiro atoms. The lowest BCUT2D eigenvalue weighted by Gasteiger charge is -2.12. The Morgan fingerprint density at radius 1 is 0.739 bits per heavy atom. The Balaban J connectivity index is 3.13. The second kappa shape index (κ2) is 6.03. The highest BCUT2D eigenvalue weighted by atomic mass is 14.3. The number of nitriles is 4. The van der Waals surface area contributed by atoms with Gasteiger partial charge in [-0.15, -0.1) is 0 Å². The molecule has 0 aliphatic heterocycles. The van der Waals surface area contributed by atoms with Crippen LogP contribution in [0.1, 0.15) is 25.0 Å². The Hall–Kier alpha value is -3.60. The SMILES string of the molecule is CC1(C)C=Cc2c(c(=C(C#N)C#N)ccc2=C(C#N)C#N)C=C1. The summed E-state index contributed by atoms with van der Waals surface area (Å²) in [5, 5.41) is 37.7. The van der Waals surface area contributed by atoms with E-state index in [4.69, 9.17) is 21.0 Å². The van der Waals surface area contributed by atoms with Gasteiger partial charge < -0.3 is 0 Å². The summed E-state index contributed by atoms with van der Waals surface area (Å²) in [6.45, 7) is 4.04. The number of hydrogen-bond acceptors (Lipinski definition) is 4. The molecule has 0 N–H and O–H groups in total. The second-order valence-corrected chi connectivity index (χ2v) is 5.67. The molecular weight excluding hydrogens is 284 g/mol. The van der Waals surface area contributed by atoms with Crippen LogP contribution in [0.4, 0.5) is 0 Å². The zero-order chi connectivity index (χ0) is 17.0. The minimum atomic E-state index is -0.216. The van der Waals surface area contributed by atoms with Gasteiger partial charge in [0.2, 0.25) is 0 Å².